The van der Waals surface area contributed by atoms with Crippen LogP contribution in [0.4, 0.5) is 4.79 Å². The highest BCUT2D eigenvalue weighted by atomic mass is 16.6. The van der Waals surface area contributed by atoms with Gasteiger partial charge in [0.2, 0.25) is 5.91 Å². The maximum atomic E-state index is 12.2. The number of carbonyl (C=O) groups excluding carboxylic acids is 2. The van der Waals surface area contributed by atoms with Gasteiger partial charge in [0.15, 0.2) is 0 Å². The highest BCUT2D eigenvalue weighted by molar-refractivity contribution is 5.81. The average molecular weight is 402 g/mol. The third kappa shape index (κ3) is 5.50. The first kappa shape index (κ1) is 21.6. The zero-order chi connectivity index (χ0) is 21.2. The van der Waals surface area contributed by atoms with Gasteiger partial charge in [0.25, 0.3) is 0 Å². The molecule has 0 saturated carbocycles. The van der Waals surface area contributed by atoms with E-state index in [1.807, 2.05) is 44.5 Å². The Morgan fingerprint density at radius 3 is 2.28 bits per heavy atom. The van der Waals surface area contributed by atoms with Crippen LogP contribution in [-0.2, 0) is 16.1 Å². The number of nitrogens with zero attached hydrogens (tertiary/aromatic N) is 3. The minimum Gasteiger partial charge on any atom is -0.444 e. The van der Waals surface area contributed by atoms with Crippen LogP contribution < -0.4 is 0 Å². The highest BCUT2D eigenvalue weighted by Crippen LogP contribution is 2.29. The summed E-state index contributed by atoms with van der Waals surface area (Å²) in [6, 6.07) is 8.73. The lowest BCUT2D eigenvalue weighted by Crippen LogP contribution is -2.53. The van der Waals surface area contributed by atoms with Crippen LogP contribution in [-0.4, -0.2) is 71.6 Å². The molecule has 0 aromatic heterocycles. The van der Waals surface area contributed by atoms with Crippen LogP contribution in [0.3, 0.4) is 0 Å². The third-order valence-electron chi connectivity index (χ3n) is 5.99. The summed E-state index contributed by atoms with van der Waals surface area (Å²) < 4.78 is 5.48. The molecule has 2 heterocycles. The van der Waals surface area contributed by atoms with Gasteiger partial charge in [-0.25, -0.2) is 4.79 Å². The van der Waals surface area contributed by atoms with Crippen LogP contribution in [0.5, 0.6) is 0 Å². The molecule has 0 N–H and O–H groups in total. The summed E-state index contributed by atoms with van der Waals surface area (Å²) in [4.78, 5) is 30.3. The minimum atomic E-state index is -0.449. The van der Waals surface area contributed by atoms with Crippen molar-refractivity contribution in [1.82, 2.24) is 14.7 Å². The molecule has 3 rings (SSSR count). The summed E-state index contributed by atoms with van der Waals surface area (Å²) in [5.41, 5.74) is 2.12. The Balaban J connectivity index is 1.52. The SMILES string of the molecule is CC1C(=O)N(C)CCN1Cc1ccc(C2CCN(C(=O)OC(C)(C)C)CC2)cc1. The Morgan fingerprint density at radius 2 is 1.69 bits per heavy atom. The topological polar surface area (TPSA) is 53.1 Å². The van der Waals surface area contributed by atoms with Crippen molar-refractivity contribution < 1.29 is 14.3 Å². The fourth-order valence-corrected chi connectivity index (χ4v) is 4.13. The van der Waals surface area contributed by atoms with Gasteiger partial charge in [0.1, 0.15) is 5.60 Å². The average Bonchev–Trinajstić information content (AvgIpc) is 2.68. The summed E-state index contributed by atoms with van der Waals surface area (Å²) in [6.45, 7) is 11.7. The molecule has 2 saturated heterocycles. The number of hydrogen-bond acceptors (Lipinski definition) is 4. The normalized spacial score (nSPS) is 22.1. The maximum Gasteiger partial charge on any atom is 0.410 e. The molecular formula is C23H35N3O3. The molecule has 0 radical (unpaired) electrons. The van der Waals surface area contributed by atoms with Crippen molar-refractivity contribution in [3.63, 3.8) is 0 Å². The Bertz CT molecular complexity index is 718. The van der Waals surface area contributed by atoms with E-state index in [9.17, 15) is 9.59 Å². The van der Waals surface area contributed by atoms with Crippen molar-refractivity contribution in [2.75, 3.05) is 33.2 Å². The van der Waals surface area contributed by atoms with E-state index in [0.717, 1.165) is 45.6 Å². The monoisotopic (exact) mass is 401 g/mol. The summed E-state index contributed by atoms with van der Waals surface area (Å²) in [5.74, 6) is 0.677. The van der Waals surface area contributed by atoms with Crippen LogP contribution in [0.2, 0.25) is 0 Å². The number of likely N-dealkylation sites (tertiary alicyclic amines) is 1. The molecule has 2 amide bonds. The second-order valence-corrected chi connectivity index (χ2v) is 9.39. The van der Waals surface area contributed by atoms with Gasteiger partial charge in [-0.15, -0.1) is 0 Å². The largest absolute Gasteiger partial charge is 0.444 e. The zero-order valence-electron chi connectivity index (χ0n) is 18.5. The van der Waals surface area contributed by atoms with Gasteiger partial charge in [0.05, 0.1) is 6.04 Å². The molecule has 1 aromatic rings. The van der Waals surface area contributed by atoms with Crippen LogP contribution in [0.15, 0.2) is 24.3 Å². The first-order valence-electron chi connectivity index (χ1n) is 10.7. The summed E-state index contributed by atoms with van der Waals surface area (Å²) in [5, 5.41) is 0. The Hall–Kier alpha value is -2.08. The number of likely N-dealkylation sites (N-methyl/N-ethyl adjacent to an activating group) is 1. The Kier molecular flexibility index (Phi) is 6.52. The number of piperidine rings is 1. The van der Waals surface area contributed by atoms with Crippen LogP contribution in [0, 0.1) is 0 Å². The van der Waals surface area contributed by atoms with Crippen molar-refractivity contribution >= 4 is 12.0 Å². The highest BCUT2D eigenvalue weighted by Gasteiger charge is 2.30. The molecule has 29 heavy (non-hydrogen) atoms. The van der Waals surface area contributed by atoms with Crippen LogP contribution >= 0.6 is 0 Å². The van der Waals surface area contributed by atoms with Gasteiger partial charge in [-0.2, -0.15) is 0 Å². The lowest BCUT2D eigenvalue weighted by molar-refractivity contribution is -0.139. The molecule has 2 fully saturated rings. The van der Waals surface area contributed by atoms with Gasteiger partial charge in [-0.1, -0.05) is 24.3 Å². The third-order valence-corrected chi connectivity index (χ3v) is 5.99. The Labute approximate surface area is 174 Å². The zero-order valence-corrected chi connectivity index (χ0v) is 18.5. The molecule has 6 nitrogen and oxygen atoms in total. The molecule has 2 aliphatic rings. The van der Waals surface area contributed by atoms with Gasteiger partial charge in [0, 0.05) is 39.8 Å². The number of ether oxygens (including phenoxy) is 1. The standard InChI is InChI=1S/C23H35N3O3/c1-17-21(27)24(5)14-15-26(17)16-18-6-8-19(9-7-18)20-10-12-25(13-11-20)22(28)29-23(2,3)4/h6-9,17,20H,10-16H2,1-5H3. The number of piperazine rings is 1. The quantitative estimate of drug-likeness (QED) is 0.778. The lowest BCUT2D eigenvalue weighted by atomic mass is 9.89. The van der Waals surface area contributed by atoms with Crippen molar-refractivity contribution in [2.24, 2.45) is 0 Å². The molecular weight excluding hydrogens is 366 g/mol. The Morgan fingerprint density at radius 1 is 1.07 bits per heavy atom. The van der Waals surface area contributed by atoms with E-state index >= 15 is 0 Å². The van der Waals surface area contributed by atoms with Crippen LogP contribution in [0.1, 0.15) is 57.6 Å². The number of rotatable bonds is 3. The predicted octanol–water partition coefficient (Wildman–Crippen LogP) is 3.46. The van der Waals surface area contributed by atoms with E-state index in [0.29, 0.717) is 5.92 Å². The molecule has 1 aromatic carbocycles. The van der Waals surface area contributed by atoms with E-state index in [-0.39, 0.29) is 18.0 Å². The fourth-order valence-electron chi connectivity index (χ4n) is 4.13. The molecule has 0 aliphatic carbocycles. The van der Waals surface area contributed by atoms with Crippen molar-refractivity contribution in [2.45, 2.75) is 64.6 Å². The van der Waals surface area contributed by atoms with Crippen molar-refractivity contribution in [3.05, 3.63) is 35.4 Å². The van der Waals surface area contributed by atoms with Crippen molar-refractivity contribution in [3.8, 4) is 0 Å². The number of carbonyl (C=O) groups is 2. The number of hydrogen-bond donors (Lipinski definition) is 0. The second kappa shape index (κ2) is 8.74. The fraction of sp³-hybridized carbons (Fsp3) is 0.652. The van der Waals surface area contributed by atoms with Crippen molar-refractivity contribution in [1.29, 1.82) is 0 Å². The predicted molar refractivity (Wildman–Crippen MR) is 114 cm³/mol. The van der Waals surface area contributed by atoms with Gasteiger partial charge >= 0.3 is 6.09 Å². The summed E-state index contributed by atoms with van der Waals surface area (Å²) in [6.07, 6.45) is 1.72. The molecule has 2 aliphatic heterocycles. The second-order valence-electron chi connectivity index (χ2n) is 9.39. The number of amides is 2. The molecule has 1 atom stereocenters. The lowest BCUT2D eigenvalue weighted by Gasteiger charge is -2.37. The molecule has 1 unspecified atom stereocenters. The molecule has 0 spiro atoms. The molecule has 6 heteroatoms. The molecule has 160 valence electrons. The van der Waals surface area contributed by atoms with Crippen LogP contribution in [0.25, 0.3) is 0 Å². The van der Waals surface area contributed by atoms with E-state index in [1.54, 1.807) is 0 Å². The van der Waals surface area contributed by atoms with E-state index in [2.05, 4.69) is 29.2 Å². The minimum absolute atomic E-state index is 0.0643. The summed E-state index contributed by atoms with van der Waals surface area (Å²) >= 11 is 0. The smallest absolute Gasteiger partial charge is 0.410 e. The van der Waals surface area contributed by atoms with Gasteiger partial charge in [-0.05, 0) is 57.6 Å². The molecule has 0 bridgehead atoms. The van der Waals surface area contributed by atoms with Gasteiger partial charge in [-0.3, -0.25) is 9.69 Å². The van der Waals surface area contributed by atoms with Gasteiger partial charge < -0.3 is 14.5 Å². The van der Waals surface area contributed by atoms with E-state index in [1.165, 1.54) is 11.1 Å². The first-order chi connectivity index (χ1) is 13.6. The van der Waals surface area contributed by atoms with E-state index in [4.69, 9.17) is 4.74 Å². The number of benzene rings is 1. The maximum absolute atomic E-state index is 12.2. The summed E-state index contributed by atoms with van der Waals surface area (Å²) in [7, 11) is 1.87. The van der Waals surface area contributed by atoms with E-state index < -0.39 is 5.60 Å². The first-order valence-corrected chi connectivity index (χ1v) is 10.7.